The number of rotatable bonds is 0. The highest BCUT2D eigenvalue weighted by atomic mass is 19.4. The fourth-order valence-electron chi connectivity index (χ4n) is 1.36. The molecule has 0 saturated heterocycles. The van der Waals surface area contributed by atoms with Crippen LogP contribution < -0.4 is 5.56 Å². The molecule has 1 aromatic heterocycles. The molecular weight excluding hydrogens is 219 g/mol. The second-order valence-electron chi connectivity index (χ2n) is 3.25. The minimum Gasteiger partial charge on any atom is -0.267 e. The van der Waals surface area contributed by atoms with Crippen LogP contribution in [0.1, 0.15) is 5.56 Å². The Bertz CT molecular complexity index is 592. The summed E-state index contributed by atoms with van der Waals surface area (Å²) in [5.74, 6) is 0. The second kappa shape index (κ2) is 3.59. The molecule has 0 atom stereocenters. The molecule has 0 aliphatic carbocycles. The summed E-state index contributed by atoms with van der Waals surface area (Å²) < 4.78 is 37.2. The minimum absolute atomic E-state index is 0.253. The third-order valence-corrected chi connectivity index (χ3v) is 2.10. The van der Waals surface area contributed by atoms with Crippen molar-refractivity contribution < 1.29 is 13.2 Å². The first-order chi connectivity index (χ1) is 7.47. The normalized spacial score (nSPS) is 11.7. The number of benzene rings is 1. The SMILES string of the molecule is O=c1cccc2cc(C(F)(F)F)ccc2n1. The van der Waals surface area contributed by atoms with Crippen LogP contribution in [0.5, 0.6) is 0 Å². The van der Waals surface area contributed by atoms with Gasteiger partial charge in [0.2, 0.25) is 0 Å². The Labute approximate surface area is 88.4 Å². The number of hydrogen-bond donors (Lipinski definition) is 0. The fraction of sp³-hybridized carbons (Fsp3) is 0.0909. The molecule has 2 aromatic rings. The fourth-order valence-corrected chi connectivity index (χ4v) is 1.36. The van der Waals surface area contributed by atoms with E-state index in [0.717, 1.165) is 12.1 Å². The molecule has 16 heavy (non-hydrogen) atoms. The summed E-state index contributed by atoms with van der Waals surface area (Å²) in [6.07, 6.45) is -4.39. The van der Waals surface area contributed by atoms with Crippen molar-refractivity contribution in [1.82, 2.24) is 4.98 Å². The minimum atomic E-state index is -4.39. The number of alkyl halides is 3. The standard InChI is InChI=1S/C11H6F3NO/c12-11(13,14)8-4-5-9-7(6-8)2-1-3-10(16)15-9/h1-6H. The van der Waals surface area contributed by atoms with E-state index in [2.05, 4.69) is 4.98 Å². The summed E-state index contributed by atoms with van der Waals surface area (Å²) in [6.45, 7) is 0. The van der Waals surface area contributed by atoms with Crippen LogP contribution in [0, 0.1) is 0 Å². The van der Waals surface area contributed by atoms with Gasteiger partial charge < -0.3 is 0 Å². The Balaban J connectivity index is 2.74. The number of nitrogens with zero attached hydrogens (tertiary/aromatic N) is 1. The monoisotopic (exact) mass is 225 g/mol. The van der Waals surface area contributed by atoms with Crippen molar-refractivity contribution in [2.45, 2.75) is 6.18 Å². The number of fused-ring (bicyclic) bond motifs is 1. The van der Waals surface area contributed by atoms with Gasteiger partial charge in [-0.1, -0.05) is 12.1 Å². The van der Waals surface area contributed by atoms with Crippen LogP contribution in [0.3, 0.4) is 0 Å². The van der Waals surface area contributed by atoms with E-state index in [1.54, 1.807) is 0 Å². The number of halogens is 3. The highest BCUT2D eigenvalue weighted by Crippen LogP contribution is 2.30. The van der Waals surface area contributed by atoms with Crippen LogP contribution in [0.15, 0.2) is 41.2 Å². The van der Waals surface area contributed by atoms with Gasteiger partial charge in [0.05, 0.1) is 11.1 Å². The number of hydrogen-bond acceptors (Lipinski definition) is 2. The van der Waals surface area contributed by atoms with E-state index in [4.69, 9.17) is 0 Å². The molecule has 0 aliphatic rings. The molecule has 82 valence electrons. The van der Waals surface area contributed by atoms with E-state index in [-0.39, 0.29) is 10.9 Å². The lowest BCUT2D eigenvalue weighted by Gasteiger charge is -2.05. The summed E-state index contributed by atoms with van der Waals surface area (Å²) in [6, 6.07) is 7.10. The van der Waals surface area contributed by atoms with E-state index < -0.39 is 17.3 Å². The van der Waals surface area contributed by atoms with Crippen molar-refractivity contribution >= 4 is 10.9 Å². The van der Waals surface area contributed by atoms with Gasteiger partial charge in [-0.05, 0) is 18.2 Å². The van der Waals surface area contributed by atoms with Crippen LogP contribution in [-0.2, 0) is 6.18 Å². The highest BCUT2D eigenvalue weighted by Gasteiger charge is 2.30. The van der Waals surface area contributed by atoms with Gasteiger partial charge in [-0.2, -0.15) is 13.2 Å². The predicted molar refractivity (Wildman–Crippen MR) is 53.0 cm³/mol. The maximum absolute atomic E-state index is 12.4. The van der Waals surface area contributed by atoms with Crippen LogP contribution in [0.2, 0.25) is 0 Å². The van der Waals surface area contributed by atoms with Crippen molar-refractivity contribution in [3.05, 3.63) is 52.3 Å². The molecule has 2 rings (SSSR count). The summed E-state index contributed by atoms with van der Waals surface area (Å²) in [4.78, 5) is 14.7. The molecule has 0 radical (unpaired) electrons. The zero-order valence-electron chi connectivity index (χ0n) is 7.95. The lowest BCUT2D eigenvalue weighted by atomic mass is 10.1. The van der Waals surface area contributed by atoms with Gasteiger partial charge in [-0.3, -0.25) is 4.79 Å². The Morgan fingerprint density at radius 1 is 1.06 bits per heavy atom. The average Bonchev–Trinajstić information content (AvgIpc) is 2.35. The second-order valence-corrected chi connectivity index (χ2v) is 3.25. The molecule has 0 aliphatic heterocycles. The molecule has 0 saturated carbocycles. The highest BCUT2D eigenvalue weighted by molar-refractivity contribution is 5.78. The average molecular weight is 225 g/mol. The number of aromatic nitrogens is 1. The van der Waals surface area contributed by atoms with Gasteiger partial charge >= 0.3 is 6.18 Å². The van der Waals surface area contributed by atoms with Gasteiger partial charge in [0, 0.05) is 11.5 Å². The molecular formula is C11H6F3NO. The lowest BCUT2D eigenvalue weighted by Crippen LogP contribution is -2.04. The third-order valence-electron chi connectivity index (χ3n) is 2.10. The smallest absolute Gasteiger partial charge is 0.267 e. The van der Waals surface area contributed by atoms with Crippen molar-refractivity contribution in [2.24, 2.45) is 0 Å². The summed E-state index contributed by atoms with van der Waals surface area (Å²) >= 11 is 0. The maximum atomic E-state index is 12.4. The van der Waals surface area contributed by atoms with E-state index in [1.165, 1.54) is 24.3 Å². The van der Waals surface area contributed by atoms with E-state index >= 15 is 0 Å². The molecule has 1 heterocycles. The third kappa shape index (κ3) is 2.03. The van der Waals surface area contributed by atoms with Gasteiger partial charge in [0.15, 0.2) is 0 Å². The van der Waals surface area contributed by atoms with Gasteiger partial charge in [-0.25, -0.2) is 4.98 Å². The first kappa shape index (κ1) is 10.6. The van der Waals surface area contributed by atoms with Crippen molar-refractivity contribution in [2.75, 3.05) is 0 Å². The molecule has 0 fully saturated rings. The molecule has 2 nitrogen and oxygen atoms in total. The molecule has 0 spiro atoms. The zero-order chi connectivity index (χ0) is 11.8. The maximum Gasteiger partial charge on any atom is 0.416 e. The Hall–Kier alpha value is -1.91. The van der Waals surface area contributed by atoms with Crippen LogP contribution >= 0.6 is 0 Å². The van der Waals surface area contributed by atoms with Crippen LogP contribution in [0.4, 0.5) is 13.2 Å². The first-order valence-electron chi connectivity index (χ1n) is 4.45. The largest absolute Gasteiger partial charge is 0.416 e. The van der Waals surface area contributed by atoms with Crippen molar-refractivity contribution in [1.29, 1.82) is 0 Å². The molecule has 1 aromatic carbocycles. The summed E-state index contributed by atoms with van der Waals surface area (Å²) in [5.41, 5.74) is -0.974. The molecule has 0 amide bonds. The quantitative estimate of drug-likeness (QED) is 0.689. The Kier molecular flexibility index (Phi) is 2.38. The molecule has 0 N–H and O–H groups in total. The summed E-state index contributed by atoms with van der Waals surface area (Å²) in [7, 11) is 0. The van der Waals surface area contributed by atoms with Gasteiger partial charge in [0.1, 0.15) is 0 Å². The van der Waals surface area contributed by atoms with Crippen LogP contribution in [-0.4, -0.2) is 4.98 Å². The van der Waals surface area contributed by atoms with E-state index in [1.807, 2.05) is 0 Å². The zero-order valence-corrected chi connectivity index (χ0v) is 7.95. The van der Waals surface area contributed by atoms with Gasteiger partial charge in [-0.15, -0.1) is 0 Å². The van der Waals surface area contributed by atoms with Crippen molar-refractivity contribution in [3.8, 4) is 0 Å². The van der Waals surface area contributed by atoms with Gasteiger partial charge in [0.25, 0.3) is 5.56 Å². The Morgan fingerprint density at radius 3 is 2.50 bits per heavy atom. The van der Waals surface area contributed by atoms with E-state index in [0.29, 0.717) is 0 Å². The first-order valence-corrected chi connectivity index (χ1v) is 4.45. The molecule has 0 bridgehead atoms. The molecule has 5 heteroatoms. The lowest BCUT2D eigenvalue weighted by molar-refractivity contribution is -0.137. The van der Waals surface area contributed by atoms with Crippen molar-refractivity contribution in [3.63, 3.8) is 0 Å². The molecule has 0 unspecified atom stereocenters. The van der Waals surface area contributed by atoms with E-state index in [9.17, 15) is 18.0 Å². The Morgan fingerprint density at radius 2 is 1.81 bits per heavy atom. The topological polar surface area (TPSA) is 30.0 Å². The summed E-state index contributed by atoms with van der Waals surface area (Å²) in [5, 5.41) is 0.289. The van der Waals surface area contributed by atoms with Crippen LogP contribution in [0.25, 0.3) is 10.9 Å². The predicted octanol–water partition coefficient (Wildman–Crippen LogP) is 2.61.